The lowest BCUT2D eigenvalue weighted by Crippen LogP contribution is -2.35. The minimum absolute atomic E-state index is 0.0600. The molecule has 24 heavy (non-hydrogen) atoms. The molecular weight excluding hydrogens is 306 g/mol. The molecule has 2 fully saturated rings. The van der Waals surface area contributed by atoms with Gasteiger partial charge in [-0.05, 0) is 36.6 Å². The number of ether oxygens (including phenoxy) is 1. The van der Waals surface area contributed by atoms with Gasteiger partial charge >= 0.3 is 0 Å². The number of aromatic nitrogens is 1. The highest BCUT2D eigenvalue weighted by atomic mass is 16.5. The number of hydrogen-bond acceptors (Lipinski definition) is 3. The number of rotatable bonds is 4. The molecule has 6 heteroatoms. The van der Waals surface area contributed by atoms with Crippen molar-refractivity contribution in [3.05, 3.63) is 30.0 Å². The summed E-state index contributed by atoms with van der Waals surface area (Å²) in [5, 5.41) is 1.01. The van der Waals surface area contributed by atoms with Gasteiger partial charge in [-0.25, -0.2) is 0 Å². The summed E-state index contributed by atoms with van der Waals surface area (Å²) in [6, 6.07) is 5.79. The lowest BCUT2D eigenvalue weighted by Gasteiger charge is -2.18. The fourth-order valence-electron chi connectivity index (χ4n) is 3.27. The highest BCUT2D eigenvalue weighted by Crippen LogP contribution is 2.32. The van der Waals surface area contributed by atoms with Crippen molar-refractivity contribution in [1.82, 2.24) is 14.8 Å². The largest absolute Gasteiger partial charge is 0.497 e. The Labute approximate surface area is 140 Å². The molecule has 0 bridgehead atoms. The molecule has 1 aliphatic carbocycles. The predicted octanol–water partition coefficient (Wildman–Crippen LogP) is 1.76. The highest BCUT2D eigenvalue weighted by Gasteiger charge is 2.36. The molecule has 2 amide bonds. The normalized spacial score (nSPS) is 17.5. The van der Waals surface area contributed by atoms with E-state index in [2.05, 4.69) is 4.98 Å². The van der Waals surface area contributed by atoms with E-state index in [4.69, 9.17) is 4.74 Å². The fraction of sp³-hybridized carbons (Fsp3) is 0.444. The van der Waals surface area contributed by atoms with Crippen molar-refractivity contribution >= 4 is 22.7 Å². The Kier molecular flexibility index (Phi) is 3.67. The van der Waals surface area contributed by atoms with Gasteiger partial charge in [0.1, 0.15) is 5.75 Å². The fourth-order valence-corrected chi connectivity index (χ4v) is 3.27. The van der Waals surface area contributed by atoms with E-state index in [1.165, 1.54) is 0 Å². The van der Waals surface area contributed by atoms with Gasteiger partial charge in [-0.15, -0.1) is 0 Å². The molecular formula is C18H21N3O3. The number of methoxy groups -OCH3 is 1. The quantitative estimate of drug-likeness (QED) is 0.930. The van der Waals surface area contributed by atoms with E-state index in [-0.39, 0.29) is 17.7 Å². The van der Waals surface area contributed by atoms with Crippen molar-refractivity contribution in [1.29, 1.82) is 0 Å². The first-order valence-electron chi connectivity index (χ1n) is 8.36. The number of benzene rings is 1. The first kappa shape index (κ1) is 15.1. The highest BCUT2D eigenvalue weighted by molar-refractivity contribution is 5.90. The second kappa shape index (κ2) is 5.85. The summed E-state index contributed by atoms with van der Waals surface area (Å²) in [6.45, 7) is 1.71. The van der Waals surface area contributed by atoms with Gasteiger partial charge in [-0.1, -0.05) is 0 Å². The number of carbonyl (C=O) groups excluding carboxylic acids is 2. The molecule has 4 rings (SSSR count). The molecule has 1 aromatic carbocycles. The Morgan fingerprint density at radius 1 is 1.25 bits per heavy atom. The molecule has 1 saturated heterocycles. The molecule has 1 saturated carbocycles. The smallest absolute Gasteiger partial charge is 0.228 e. The Morgan fingerprint density at radius 2 is 2.04 bits per heavy atom. The Bertz CT molecular complexity index is 794. The van der Waals surface area contributed by atoms with Crippen LogP contribution in [0.3, 0.4) is 0 Å². The molecule has 1 N–H and O–H groups in total. The number of amides is 2. The van der Waals surface area contributed by atoms with Crippen LogP contribution < -0.4 is 4.74 Å². The average Bonchev–Trinajstić information content (AvgIpc) is 3.20. The molecule has 126 valence electrons. The molecule has 2 heterocycles. The molecule has 0 spiro atoms. The standard InChI is InChI=1S/C18H21N3O3/c1-24-14-4-5-16-15(9-14)13(10-19-16)8-17(22)20-6-7-21(11-20)18(23)12-2-3-12/h4-5,9-10,12,19H,2-3,6-8,11H2,1H3. The van der Waals surface area contributed by atoms with E-state index < -0.39 is 0 Å². The Hall–Kier alpha value is -2.50. The van der Waals surface area contributed by atoms with Crippen molar-refractivity contribution < 1.29 is 14.3 Å². The van der Waals surface area contributed by atoms with E-state index in [1.54, 1.807) is 12.0 Å². The van der Waals surface area contributed by atoms with Crippen LogP contribution in [0.4, 0.5) is 0 Å². The Balaban J connectivity index is 1.45. The van der Waals surface area contributed by atoms with Gasteiger partial charge in [0.05, 0.1) is 20.2 Å². The van der Waals surface area contributed by atoms with Crippen LogP contribution in [0.5, 0.6) is 5.75 Å². The first-order valence-corrected chi connectivity index (χ1v) is 8.36. The second-order valence-corrected chi connectivity index (χ2v) is 6.58. The maximum atomic E-state index is 12.6. The van der Waals surface area contributed by atoms with Gasteiger partial charge < -0.3 is 19.5 Å². The minimum Gasteiger partial charge on any atom is -0.497 e. The van der Waals surface area contributed by atoms with E-state index in [1.807, 2.05) is 29.3 Å². The SMILES string of the molecule is COc1ccc2[nH]cc(CC(=O)N3CCN(C(=O)C4CC4)C3)c2c1. The maximum absolute atomic E-state index is 12.6. The lowest BCUT2D eigenvalue weighted by atomic mass is 10.1. The van der Waals surface area contributed by atoms with E-state index >= 15 is 0 Å². The van der Waals surface area contributed by atoms with Crippen LogP contribution in [-0.2, 0) is 16.0 Å². The molecule has 1 aromatic heterocycles. The van der Waals surface area contributed by atoms with Crippen LogP contribution in [0.25, 0.3) is 10.9 Å². The van der Waals surface area contributed by atoms with E-state index in [9.17, 15) is 9.59 Å². The zero-order valence-electron chi connectivity index (χ0n) is 13.7. The molecule has 6 nitrogen and oxygen atoms in total. The van der Waals surface area contributed by atoms with Gasteiger partial charge in [0.25, 0.3) is 0 Å². The number of nitrogens with one attached hydrogen (secondary N) is 1. The third kappa shape index (κ3) is 2.72. The number of hydrogen-bond donors (Lipinski definition) is 1. The Morgan fingerprint density at radius 3 is 2.79 bits per heavy atom. The first-order chi connectivity index (χ1) is 11.7. The number of nitrogens with zero attached hydrogens (tertiary/aromatic N) is 2. The second-order valence-electron chi connectivity index (χ2n) is 6.58. The summed E-state index contributed by atoms with van der Waals surface area (Å²) in [6.07, 6.45) is 4.21. The zero-order valence-corrected chi connectivity index (χ0v) is 13.7. The average molecular weight is 327 g/mol. The van der Waals surface area contributed by atoms with Crippen LogP contribution in [-0.4, -0.2) is 53.5 Å². The lowest BCUT2D eigenvalue weighted by molar-refractivity contribution is -0.134. The summed E-state index contributed by atoms with van der Waals surface area (Å²) < 4.78 is 5.27. The number of aromatic amines is 1. The molecule has 0 radical (unpaired) electrons. The van der Waals surface area contributed by atoms with Gasteiger partial charge in [-0.2, -0.15) is 0 Å². The summed E-state index contributed by atoms with van der Waals surface area (Å²) in [7, 11) is 1.63. The van der Waals surface area contributed by atoms with E-state index in [0.717, 1.165) is 35.1 Å². The zero-order chi connectivity index (χ0) is 16.7. The predicted molar refractivity (Wildman–Crippen MR) is 89.6 cm³/mol. The van der Waals surface area contributed by atoms with Gasteiger partial charge in [0.2, 0.25) is 11.8 Å². The van der Waals surface area contributed by atoms with Crippen molar-refractivity contribution in [2.45, 2.75) is 19.3 Å². The van der Waals surface area contributed by atoms with Gasteiger partial charge in [-0.3, -0.25) is 9.59 Å². The summed E-state index contributed by atoms with van der Waals surface area (Å²) in [4.78, 5) is 31.5. The van der Waals surface area contributed by atoms with Crippen LogP contribution in [0.15, 0.2) is 24.4 Å². The molecule has 1 aliphatic heterocycles. The molecule has 2 aliphatic rings. The van der Waals surface area contributed by atoms with Crippen LogP contribution in [0, 0.1) is 5.92 Å². The molecule has 0 unspecified atom stereocenters. The van der Waals surface area contributed by atoms with E-state index in [0.29, 0.717) is 26.2 Å². The summed E-state index contributed by atoms with van der Waals surface area (Å²) in [5.74, 6) is 1.26. The van der Waals surface area contributed by atoms with Crippen molar-refractivity contribution in [2.75, 3.05) is 26.9 Å². The van der Waals surface area contributed by atoms with Crippen LogP contribution in [0.1, 0.15) is 18.4 Å². The van der Waals surface area contributed by atoms with Crippen molar-refractivity contribution in [2.24, 2.45) is 5.92 Å². The topological polar surface area (TPSA) is 65.6 Å². The van der Waals surface area contributed by atoms with Crippen molar-refractivity contribution in [3.8, 4) is 5.75 Å². The number of carbonyl (C=O) groups is 2. The minimum atomic E-state index is 0.0600. The van der Waals surface area contributed by atoms with Gasteiger partial charge in [0.15, 0.2) is 0 Å². The third-order valence-corrected chi connectivity index (χ3v) is 4.89. The summed E-state index contributed by atoms with van der Waals surface area (Å²) in [5.41, 5.74) is 1.95. The summed E-state index contributed by atoms with van der Waals surface area (Å²) >= 11 is 0. The maximum Gasteiger partial charge on any atom is 0.228 e. The van der Waals surface area contributed by atoms with Crippen LogP contribution >= 0.6 is 0 Å². The number of H-pyrrole nitrogens is 1. The number of fused-ring (bicyclic) bond motifs is 1. The van der Waals surface area contributed by atoms with Crippen LogP contribution in [0.2, 0.25) is 0 Å². The van der Waals surface area contributed by atoms with Crippen molar-refractivity contribution in [3.63, 3.8) is 0 Å². The monoisotopic (exact) mass is 327 g/mol. The third-order valence-electron chi connectivity index (χ3n) is 4.89. The molecule has 0 atom stereocenters. The van der Waals surface area contributed by atoms with Gasteiger partial charge in [0, 0.05) is 36.1 Å². The molecule has 2 aromatic rings.